The largest absolute Gasteiger partial charge is 0.756 e. The molecule has 0 saturated carbocycles. The molecule has 0 aliphatic carbocycles. The molecule has 0 saturated heterocycles. The Bertz CT molecular complexity index is 674. The fraction of sp³-hybridized carbons (Fsp3) is 0.970. The summed E-state index contributed by atoms with van der Waals surface area (Å²) in [5.74, 6) is -0.842. The Morgan fingerprint density at radius 2 is 1.14 bits per heavy atom. The first kappa shape index (κ1) is 42.5. The van der Waals surface area contributed by atoms with E-state index in [1.54, 1.807) is 0 Å². The van der Waals surface area contributed by atoms with E-state index in [9.17, 15) is 14.3 Å². The molecule has 0 aliphatic rings. The van der Waals surface area contributed by atoms with Gasteiger partial charge in [-0.1, -0.05) is 116 Å². The van der Waals surface area contributed by atoms with Crippen LogP contribution in [0.1, 0.15) is 142 Å². The van der Waals surface area contributed by atoms with Crippen molar-refractivity contribution in [1.82, 2.24) is 0 Å². The van der Waals surface area contributed by atoms with Crippen LogP contribution in [0.2, 0.25) is 0 Å². The van der Waals surface area contributed by atoms with Crippen molar-refractivity contribution in [2.24, 2.45) is 0 Å². The minimum atomic E-state index is -4.44. The summed E-state index contributed by atoms with van der Waals surface area (Å²) in [7, 11) is 1.41. The third kappa shape index (κ3) is 34.2. The van der Waals surface area contributed by atoms with Gasteiger partial charge >= 0.3 is 5.97 Å². The first-order valence-corrected chi connectivity index (χ1v) is 18.8. The summed E-state index contributed by atoms with van der Waals surface area (Å²) < 4.78 is 34.3. The molecule has 9 nitrogen and oxygen atoms in total. The minimum Gasteiger partial charge on any atom is -0.756 e. The third-order valence-electron chi connectivity index (χ3n) is 7.51. The van der Waals surface area contributed by atoms with Crippen LogP contribution in [-0.2, 0) is 27.9 Å². The molecule has 0 aromatic heterocycles. The van der Waals surface area contributed by atoms with Gasteiger partial charge in [0, 0.05) is 19.6 Å². The van der Waals surface area contributed by atoms with E-state index in [1.807, 2.05) is 21.1 Å². The van der Waals surface area contributed by atoms with Gasteiger partial charge in [-0.25, -0.2) is 0 Å². The second kappa shape index (κ2) is 28.9. The number of quaternary nitrogens is 1. The minimum absolute atomic E-state index is 0.0425. The summed E-state index contributed by atoms with van der Waals surface area (Å²) in [6, 6.07) is 0. The average molecular weight is 638 g/mol. The van der Waals surface area contributed by atoms with Crippen LogP contribution in [0.5, 0.6) is 0 Å². The monoisotopic (exact) mass is 637 g/mol. The first-order valence-electron chi connectivity index (χ1n) is 17.4. The van der Waals surface area contributed by atoms with Crippen molar-refractivity contribution in [3.63, 3.8) is 0 Å². The highest BCUT2D eigenvalue weighted by Gasteiger charge is 2.18. The van der Waals surface area contributed by atoms with Gasteiger partial charge in [0.05, 0.1) is 34.4 Å². The molecule has 0 heterocycles. The van der Waals surface area contributed by atoms with Crippen molar-refractivity contribution in [2.45, 2.75) is 148 Å². The number of carboxylic acid groups (broad SMARTS) is 1. The van der Waals surface area contributed by atoms with Gasteiger partial charge < -0.3 is 33.0 Å². The van der Waals surface area contributed by atoms with E-state index in [0.29, 0.717) is 37.1 Å². The molecular weight excluding hydrogens is 569 g/mol. The number of nitrogens with zero attached hydrogens (tertiary/aromatic N) is 1. The van der Waals surface area contributed by atoms with E-state index in [4.69, 9.17) is 23.6 Å². The van der Waals surface area contributed by atoms with Gasteiger partial charge in [-0.05, 0) is 19.3 Å². The highest BCUT2D eigenvalue weighted by molar-refractivity contribution is 7.45. The summed E-state index contributed by atoms with van der Waals surface area (Å²) in [6.07, 6.45) is 24.5. The molecule has 0 aromatic carbocycles. The van der Waals surface area contributed by atoms with E-state index >= 15 is 0 Å². The fourth-order valence-electron chi connectivity index (χ4n) is 4.73. The van der Waals surface area contributed by atoms with Crippen molar-refractivity contribution >= 4 is 13.8 Å². The number of ether oxygens (including phenoxy) is 2. The molecule has 0 bridgehead atoms. The summed E-state index contributed by atoms with van der Waals surface area (Å²) in [6.45, 7) is 3.78. The molecule has 10 heteroatoms. The van der Waals surface area contributed by atoms with Crippen LogP contribution < -0.4 is 4.89 Å². The van der Waals surface area contributed by atoms with Crippen molar-refractivity contribution in [3.05, 3.63) is 0 Å². The smallest absolute Gasteiger partial charge is 0.303 e. The lowest BCUT2D eigenvalue weighted by atomic mass is 10.0. The normalized spacial score (nSPS) is 14.2. The number of hydrogen-bond acceptors (Lipinski definition) is 7. The molecule has 1 N–H and O–H groups in total. The molecule has 0 aromatic rings. The van der Waals surface area contributed by atoms with E-state index < -0.39 is 19.9 Å². The maximum Gasteiger partial charge on any atom is 0.303 e. The van der Waals surface area contributed by atoms with E-state index in [1.165, 1.54) is 103 Å². The zero-order valence-electron chi connectivity index (χ0n) is 28.4. The average Bonchev–Trinajstić information content (AvgIpc) is 2.93. The molecule has 0 amide bonds. The molecule has 258 valence electrons. The van der Waals surface area contributed by atoms with Crippen molar-refractivity contribution in [1.29, 1.82) is 0 Å². The number of phosphoric ester groups is 1. The molecule has 0 radical (unpaired) electrons. The second-order valence-corrected chi connectivity index (χ2v) is 14.4. The molecule has 43 heavy (non-hydrogen) atoms. The zero-order chi connectivity index (χ0) is 32.1. The van der Waals surface area contributed by atoms with E-state index in [-0.39, 0.29) is 26.2 Å². The van der Waals surface area contributed by atoms with Crippen LogP contribution in [0.4, 0.5) is 0 Å². The predicted molar refractivity (Wildman–Crippen MR) is 173 cm³/mol. The number of aliphatic carboxylic acids is 1. The van der Waals surface area contributed by atoms with Gasteiger partial charge in [0.1, 0.15) is 19.3 Å². The number of carboxylic acids is 1. The van der Waals surface area contributed by atoms with Crippen molar-refractivity contribution in [2.75, 3.05) is 60.7 Å². The van der Waals surface area contributed by atoms with Gasteiger partial charge in [0.15, 0.2) is 0 Å². The fourth-order valence-corrected chi connectivity index (χ4v) is 5.46. The lowest BCUT2D eigenvalue weighted by Gasteiger charge is -2.28. The highest BCUT2D eigenvalue weighted by Crippen LogP contribution is 2.38. The Labute approximate surface area is 264 Å². The number of phosphoric acid groups is 1. The van der Waals surface area contributed by atoms with Crippen molar-refractivity contribution < 1.29 is 42.4 Å². The Balaban J connectivity index is 3.89. The molecule has 0 fully saturated rings. The van der Waals surface area contributed by atoms with Crippen LogP contribution in [0, 0.1) is 0 Å². The van der Waals surface area contributed by atoms with E-state index in [2.05, 4.69) is 6.92 Å². The summed E-state index contributed by atoms with van der Waals surface area (Å²) in [4.78, 5) is 22.8. The van der Waals surface area contributed by atoms with Gasteiger partial charge in [-0.3, -0.25) is 9.36 Å². The number of carbonyl (C=O) groups is 1. The van der Waals surface area contributed by atoms with Gasteiger partial charge in [-0.2, -0.15) is 0 Å². The van der Waals surface area contributed by atoms with Gasteiger partial charge in [0.2, 0.25) is 0 Å². The van der Waals surface area contributed by atoms with Gasteiger partial charge in [0.25, 0.3) is 7.82 Å². The maximum absolute atomic E-state index is 12.1. The van der Waals surface area contributed by atoms with E-state index in [0.717, 1.165) is 12.8 Å². The Kier molecular flexibility index (Phi) is 28.5. The summed E-state index contributed by atoms with van der Waals surface area (Å²) >= 11 is 0. The topological polar surface area (TPSA) is 114 Å². The van der Waals surface area contributed by atoms with Gasteiger partial charge in [-0.15, -0.1) is 0 Å². The first-order chi connectivity index (χ1) is 20.6. The van der Waals surface area contributed by atoms with Crippen LogP contribution in [0.3, 0.4) is 0 Å². The Morgan fingerprint density at radius 3 is 1.60 bits per heavy atom. The summed E-state index contributed by atoms with van der Waals surface area (Å²) in [5.41, 5.74) is 0. The number of rotatable bonds is 34. The van der Waals surface area contributed by atoms with Crippen LogP contribution in [0.25, 0.3) is 0 Å². The molecule has 2 unspecified atom stereocenters. The van der Waals surface area contributed by atoms with Crippen LogP contribution in [0.15, 0.2) is 0 Å². The Hall–Kier alpha value is -0.540. The van der Waals surface area contributed by atoms with Crippen molar-refractivity contribution in [3.8, 4) is 0 Å². The predicted octanol–water partition coefficient (Wildman–Crippen LogP) is 7.89. The lowest BCUT2D eigenvalue weighted by Crippen LogP contribution is -2.37. The standard InChI is InChI=1S/C33H68NO8P/c1-5-6-7-8-9-10-11-12-13-14-15-16-17-18-19-20-21-23-27-39-30-32(40-28-24-22-25-33(35)36)31-42-43(37,38)41-29-26-34(2,3)4/h32H,5-31H2,1-4H3,(H-,35,36,37,38). The second-order valence-electron chi connectivity index (χ2n) is 13.0. The highest BCUT2D eigenvalue weighted by atomic mass is 31.2. The third-order valence-corrected chi connectivity index (χ3v) is 8.48. The number of hydrogen-bond donors (Lipinski definition) is 1. The lowest BCUT2D eigenvalue weighted by molar-refractivity contribution is -0.870. The maximum atomic E-state index is 12.1. The number of likely N-dealkylation sites (N-methyl/N-ethyl adjacent to an activating group) is 1. The molecule has 2 atom stereocenters. The van der Waals surface area contributed by atoms with Crippen LogP contribution in [-0.4, -0.2) is 82.4 Å². The molecule has 0 rings (SSSR count). The zero-order valence-corrected chi connectivity index (χ0v) is 29.3. The SMILES string of the molecule is CCCCCCCCCCCCCCCCCCCCOCC(COP(=O)([O-])OCC[N+](C)(C)C)OCCCCC(=O)O. The molecular formula is C33H68NO8P. The molecule has 0 spiro atoms. The van der Waals surface area contributed by atoms with Crippen LogP contribution >= 0.6 is 7.82 Å². The summed E-state index contributed by atoms with van der Waals surface area (Å²) in [5, 5.41) is 8.79. The Morgan fingerprint density at radius 1 is 0.674 bits per heavy atom. The number of unbranched alkanes of at least 4 members (excludes halogenated alkanes) is 18. The quantitative estimate of drug-likeness (QED) is 0.0430. The molecule has 0 aliphatic heterocycles.